The van der Waals surface area contributed by atoms with E-state index in [-0.39, 0.29) is 6.04 Å². The molecule has 3 aromatic carbocycles. The number of benzene rings is 3. The maximum Gasteiger partial charge on any atom is 0.217 e. The Morgan fingerprint density at radius 3 is 2.48 bits per heavy atom. The SMILES string of the molecule is CCOc1ccc(C2=NN3[C@@H](c4cc(OC)ccc4OC)Oc4ccc(Cl)cc4[C@@H]3C2)cc1. The fourth-order valence-corrected chi connectivity index (χ4v) is 4.56. The molecule has 2 atom stereocenters. The summed E-state index contributed by atoms with van der Waals surface area (Å²) in [6, 6.07) is 19.4. The van der Waals surface area contributed by atoms with Gasteiger partial charge in [-0.25, -0.2) is 5.01 Å². The molecular weight excluding hydrogens is 440 g/mol. The number of hydrogen-bond acceptors (Lipinski definition) is 6. The van der Waals surface area contributed by atoms with Crippen LogP contribution >= 0.6 is 11.6 Å². The Labute approximate surface area is 198 Å². The Hall–Kier alpha value is -3.38. The molecule has 0 saturated heterocycles. The highest BCUT2D eigenvalue weighted by Gasteiger charge is 2.42. The minimum atomic E-state index is -0.478. The number of hydrogen-bond donors (Lipinski definition) is 0. The predicted octanol–water partition coefficient (Wildman–Crippen LogP) is 6.00. The molecule has 0 aromatic heterocycles. The summed E-state index contributed by atoms with van der Waals surface area (Å²) in [4.78, 5) is 0. The zero-order valence-electron chi connectivity index (χ0n) is 18.7. The summed E-state index contributed by atoms with van der Waals surface area (Å²) in [6.07, 6.45) is 0.252. The van der Waals surface area contributed by atoms with Gasteiger partial charge in [0.05, 0.1) is 38.1 Å². The van der Waals surface area contributed by atoms with Crippen molar-refractivity contribution in [3.63, 3.8) is 0 Å². The van der Waals surface area contributed by atoms with Crippen molar-refractivity contribution in [2.75, 3.05) is 20.8 Å². The highest BCUT2D eigenvalue weighted by molar-refractivity contribution is 6.30. The molecule has 6 nitrogen and oxygen atoms in total. The van der Waals surface area contributed by atoms with Gasteiger partial charge >= 0.3 is 0 Å². The molecule has 0 saturated carbocycles. The lowest BCUT2D eigenvalue weighted by molar-refractivity contribution is -0.0204. The average Bonchev–Trinajstić information content (AvgIpc) is 3.30. The maximum absolute atomic E-state index is 6.47. The smallest absolute Gasteiger partial charge is 0.217 e. The molecule has 170 valence electrons. The molecule has 2 heterocycles. The van der Waals surface area contributed by atoms with Crippen LogP contribution in [0.3, 0.4) is 0 Å². The highest BCUT2D eigenvalue weighted by atomic mass is 35.5. The molecule has 0 amide bonds. The van der Waals surface area contributed by atoms with Crippen molar-refractivity contribution < 1.29 is 18.9 Å². The third-order valence-corrected chi connectivity index (χ3v) is 6.19. The van der Waals surface area contributed by atoms with Gasteiger partial charge in [0.2, 0.25) is 6.23 Å². The summed E-state index contributed by atoms with van der Waals surface area (Å²) in [5, 5.41) is 7.69. The van der Waals surface area contributed by atoms with E-state index in [0.717, 1.165) is 46.1 Å². The second kappa shape index (κ2) is 8.87. The second-order valence-corrected chi connectivity index (χ2v) is 8.30. The molecule has 0 spiro atoms. The van der Waals surface area contributed by atoms with E-state index >= 15 is 0 Å². The summed E-state index contributed by atoms with van der Waals surface area (Å²) >= 11 is 6.35. The quantitative estimate of drug-likeness (QED) is 0.448. The topological polar surface area (TPSA) is 52.5 Å². The predicted molar refractivity (Wildman–Crippen MR) is 128 cm³/mol. The van der Waals surface area contributed by atoms with Crippen LogP contribution in [0.5, 0.6) is 23.0 Å². The monoisotopic (exact) mass is 464 g/mol. The molecule has 5 rings (SSSR count). The lowest BCUT2D eigenvalue weighted by Gasteiger charge is -2.38. The van der Waals surface area contributed by atoms with Crippen molar-refractivity contribution in [2.24, 2.45) is 5.10 Å². The van der Waals surface area contributed by atoms with Gasteiger partial charge in [-0.15, -0.1) is 0 Å². The van der Waals surface area contributed by atoms with E-state index in [1.807, 2.05) is 72.6 Å². The van der Waals surface area contributed by atoms with E-state index in [0.29, 0.717) is 17.4 Å². The Kier molecular flexibility index (Phi) is 5.77. The van der Waals surface area contributed by atoms with E-state index in [4.69, 9.17) is 35.6 Å². The summed E-state index contributed by atoms with van der Waals surface area (Å²) in [5.41, 5.74) is 3.89. The lowest BCUT2D eigenvalue weighted by atomic mass is 9.95. The molecule has 2 aliphatic rings. The van der Waals surface area contributed by atoms with Crippen LogP contribution in [0.2, 0.25) is 5.02 Å². The van der Waals surface area contributed by atoms with Crippen LogP contribution in [0.15, 0.2) is 65.8 Å². The van der Waals surface area contributed by atoms with Gasteiger partial charge in [-0.05, 0) is 73.2 Å². The average molecular weight is 465 g/mol. The Balaban J connectivity index is 1.58. The number of fused-ring (bicyclic) bond motifs is 3. The molecule has 0 aliphatic carbocycles. The first-order chi connectivity index (χ1) is 16.1. The number of rotatable bonds is 6. The van der Waals surface area contributed by atoms with E-state index in [1.54, 1.807) is 14.2 Å². The molecule has 7 heteroatoms. The van der Waals surface area contributed by atoms with Crippen molar-refractivity contribution in [3.05, 3.63) is 82.4 Å². The molecule has 3 aromatic rings. The lowest BCUT2D eigenvalue weighted by Crippen LogP contribution is -2.34. The standard InChI is InChI=1S/C26H25ClN2O4/c1-4-32-18-8-5-16(6-9-18)22-15-23-20-13-17(27)7-11-25(20)33-26(29(23)28-22)21-14-19(30-2)10-12-24(21)31-3/h5-14,23,26H,4,15H2,1-3H3/t23-,26+/m0/s1. The summed E-state index contributed by atoms with van der Waals surface area (Å²) in [7, 11) is 3.30. The number of ether oxygens (including phenoxy) is 4. The molecule has 0 unspecified atom stereocenters. The van der Waals surface area contributed by atoms with E-state index in [9.17, 15) is 0 Å². The summed E-state index contributed by atoms with van der Waals surface area (Å²) in [5.74, 6) is 3.07. The van der Waals surface area contributed by atoms with Gasteiger partial charge in [0.1, 0.15) is 23.0 Å². The second-order valence-electron chi connectivity index (χ2n) is 7.86. The number of nitrogens with zero attached hydrogens (tertiary/aromatic N) is 2. The fraction of sp³-hybridized carbons (Fsp3) is 0.269. The molecule has 2 aliphatic heterocycles. The zero-order chi connectivity index (χ0) is 22.9. The maximum atomic E-state index is 6.47. The number of hydrazone groups is 1. The molecular formula is C26H25ClN2O4. The van der Waals surface area contributed by atoms with Crippen LogP contribution in [0.25, 0.3) is 0 Å². The van der Waals surface area contributed by atoms with Crippen LogP contribution < -0.4 is 18.9 Å². The van der Waals surface area contributed by atoms with Gasteiger partial charge in [-0.1, -0.05) is 11.6 Å². The van der Waals surface area contributed by atoms with Crippen molar-refractivity contribution in [1.29, 1.82) is 0 Å². The van der Waals surface area contributed by atoms with Crippen molar-refractivity contribution >= 4 is 17.3 Å². The molecule has 0 fully saturated rings. The molecule has 0 radical (unpaired) electrons. The Morgan fingerprint density at radius 1 is 0.970 bits per heavy atom. The number of methoxy groups -OCH3 is 2. The zero-order valence-corrected chi connectivity index (χ0v) is 19.5. The molecule has 0 bridgehead atoms. The Morgan fingerprint density at radius 2 is 1.76 bits per heavy atom. The summed E-state index contributed by atoms with van der Waals surface area (Å²) in [6.45, 7) is 2.61. The summed E-state index contributed by atoms with van der Waals surface area (Å²) < 4.78 is 23.2. The van der Waals surface area contributed by atoms with E-state index < -0.39 is 6.23 Å². The van der Waals surface area contributed by atoms with E-state index in [1.165, 1.54) is 0 Å². The highest BCUT2D eigenvalue weighted by Crippen LogP contribution is 2.49. The normalized spacial score (nSPS) is 18.7. The molecule has 0 N–H and O–H groups in total. The van der Waals surface area contributed by atoms with Gasteiger partial charge in [0, 0.05) is 17.0 Å². The van der Waals surface area contributed by atoms with E-state index in [2.05, 4.69) is 0 Å². The minimum Gasteiger partial charge on any atom is -0.497 e. The van der Waals surface area contributed by atoms with Crippen LogP contribution in [0.1, 0.15) is 42.3 Å². The largest absolute Gasteiger partial charge is 0.497 e. The van der Waals surface area contributed by atoms with Gasteiger partial charge < -0.3 is 18.9 Å². The molecule has 33 heavy (non-hydrogen) atoms. The van der Waals surface area contributed by atoms with Crippen LogP contribution in [-0.2, 0) is 0 Å². The minimum absolute atomic E-state index is 0.0186. The fourth-order valence-electron chi connectivity index (χ4n) is 4.38. The van der Waals surface area contributed by atoms with Crippen LogP contribution in [-0.4, -0.2) is 31.5 Å². The van der Waals surface area contributed by atoms with Crippen molar-refractivity contribution in [3.8, 4) is 23.0 Å². The number of halogens is 1. The first kappa shape index (κ1) is 21.5. The first-order valence-electron chi connectivity index (χ1n) is 10.9. The van der Waals surface area contributed by atoms with Gasteiger partial charge in [0.15, 0.2) is 0 Å². The van der Waals surface area contributed by atoms with Crippen molar-refractivity contribution in [1.82, 2.24) is 5.01 Å². The van der Waals surface area contributed by atoms with Crippen LogP contribution in [0, 0.1) is 0 Å². The van der Waals surface area contributed by atoms with Gasteiger partial charge in [-0.3, -0.25) is 0 Å². The van der Waals surface area contributed by atoms with Crippen LogP contribution in [0.4, 0.5) is 0 Å². The van der Waals surface area contributed by atoms with Crippen molar-refractivity contribution in [2.45, 2.75) is 25.6 Å². The van der Waals surface area contributed by atoms with Gasteiger partial charge in [-0.2, -0.15) is 5.10 Å². The Bertz CT molecular complexity index is 1200. The van der Waals surface area contributed by atoms with Gasteiger partial charge in [0.25, 0.3) is 0 Å². The third-order valence-electron chi connectivity index (χ3n) is 5.95. The first-order valence-corrected chi connectivity index (χ1v) is 11.3. The third kappa shape index (κ3) is 3.95.